The highest BCUT2D eigenvalue weighted by atomic mass is 16.1. The fourth-order valence-corrected chi connectivity index (χ4v) is 1.88. The molecule has 0 amide bonds. The third-order valence-corrected chi connectivity index (χ3v) is 3.01. The molecule has 0 aromatic carbocycles. The van der Waals surface area contributed by atoms with Crippen molar-refractivity contribution in [1.82, 2.24) is 9.97 Å². The van der Waals surface area contributed by atoms with Gasteiger partial charge in [-0.3, -0.25) is 4.79 Å². The lowest BCUT2D eigenvalue weighted by molar-refractivity contribution is 0.305. The van der Waals surface area contributed by atoms with Crippen LogP contribution in [0.5, 0.6) is 0 Å². The molecule has 2 rings (SSSR count). The molecule has 15 heavy (non-hydrogen) atoms. The van der Waals surface area contributed by atoms with E-state index in [1.54, 1.807) is 0 Å². The summed E-state index contributed by atoms with van der Waals surface area (Å²) >= 11 is 0. The van der Waals surface area contributed by atoms with Gasteiger partial charge in [-0.25, -0.2) is 4.98 Å². The molecule has 0 spiro atoms. The van der Waals surface area contributed by atoms with E-state index < -0.39 is 0 Å². The Morgan fingerprint density at radius 2 is 2.33 bits per heavy atom. The standard InChI is InChI=1S/C11H17N3O/c1-3-8-12-9(7-10(15)13-8)14-11(2)5-4-6-11/h7H,3-6H2,1-2H3,(H2,12,13,14,15). The highest BCUT2D eigenvalue weighted by Crippen LogP contribution is 2.33. The first-order chi connectivity index (χ1) is 7.11. The highest BCUT2D eigenvalue weighted by molar-refractivity contribution is 5.37. The third kappa shape index (κ3) is 2.19. The van der Waals surface area contributed by atoms with Crippen molar-refractivity contribution < 1.29 is 0 Å². The molecule has 1 fully saturated rings. The quantitative estimate of drug-likeness (QED) is 0.793. The molecule has 0 atom stereocenters. The lowest BCUT2D eigenvalue weighted by Crippen LogP contribution is -2.42. The predicted molar refractivity (Wildman–Crippen MR) is 60.1 cm³/mol. The molecule has 1 aromatic rings. The van der Waals surface area contributed by atoms with Crippen molar-refractivity contribution in [3.8, 4) is 0 Å². The van der Waals surface area contributed by atoms with Gasteiger partial charge in [-0.15, -0.1) is 0 Å². The summed E-state index contributed by atoms with van der Waals surface area (Å²) in [6.07, 6.45) is 4.32. The van der Waals surface area contributed by atoms with Crippen LogP contribution in [0.25, 0.3) is 0 Å². The summed E-state index contributed by atoms with van der Waals surface area (Å²) in [6.45, 7) is 4.15. The van der Waals surface area contributed by atoms with Crippen molar-refractivity contribution in [3.63, 3.8) is 0 Å². The fraction of sp³-hybridized carbons (Fsp3) is 0.636. The number of rotatable bonds is 3. The van der Waals surface area contributed by atoms with E-state index in [2.05, 4.69) is 22.2 Å². The maximum atomic E-state index is 11.3. The van der Waals surface area contributed by atoms with Crippen molar-refractivity contribution >= 4 is 5.82 Å². The Morgan fingerprint density at radius 3 is 2.87 bits per heavy atom. The van der Waals surface area contributed by atoms with Crippen LogP contribution in [0.15, 0.2) is 10.9 Å². The first-order valence-electron chi connectivity index (χ1n) is 5.50. The smallest absolute Gasteiger partial charge is 0.252 e. The summed E-state index contributed by atoms with van der Waals surface area (Å²) < 4.78 is 0. The van der Waals surface area contributed by atoms with Gasteiger partial charge in [-0.1, -0.05) is 6.92 Å². The second-order valence-electron chi connectivity index (χ2n) is 4.47. The SMILES string of the molecule is CCc1nc(NC2(C)CCC2)cc(=O)[nH]1. The van der Waals surface area contributed by atoms with E-state index in [4.69, 9.17) is 0 Å². The molecule has 0 saturated heterocycles. The molecule has 0 bridgehead atoms. The van der Waals surface area contributed by atoms with E-state index in [0.29, 0.717) is 5.82 Å². The van der Waals surface area contributed by atoms with Gasteiger partial charge >= 0.3 is 0 Å². The average molecular weight is 207 g/mol. The maximum Gasteiger partial charge on any atom is 0.252 e. The summed E-state index contributed by atoms with van der Waals surface area (Å²) in [5.41, 5.74) is 0.0680. The largest absolute Gasteiger partial charge is 0.365 e. The molecule has 1 heterocycles. The van der Waals surface area contributed by atoms with E-state index >= 15 is 0 Å². The van der Waals surface area contributed by atoms with Crippen molar-refractivity contribution in [2.24, 2.45) is 0 Å². The molecule has 0 unspecified atom stereocenters. The Balaban J connectivity index is 2.20. The van der Waals surface area contributed by atoms with E-state index in [9.17, 15) is 4.79 Å². The molecule has 1 aliphatic carbocycles. The Morgan fingerprint density at radius 1 is 1.60 bits per heavy atom. The van der Waals surface area contributed by atoms with Crippen LogP contribution < -0.4 is 10.9 Å². The second kappa shape index (κ2) is 3.68. The van der Waals surface area contributed by atoms with E-state index in [0.717, 1.165) is 25.1 Å². The van der Waals surface area contributed by atoms with Crippen LogP contribution in [-0.2, 0) is 6.42 Å². The van der Waals surface area contributed by atoms with Crippen molar-refractivity contribution in [2.75, 3.05) is 5.32 Å². The molecular formula is C11H17N3O. The van der Waals surface area contributed by atoms with Crippen LogP contribution in [0, 0.1) is 0 Å². The molecule has 1 aromatic heterocycles. The predicted octanol–water partition coefficient (Wildman–Crippen LogP) is 1.69. The third-order valence-electron chi connectivity index (χ3n) is 3.01. The molecule has 1 saturated carbocycles. The molecule has 4 nitrogen and oxygen atoms in total. The van der Waals surface area contributed by atoms with Gasteiger partial charge < -0.3 is 10.3 Å². The summed E-state index contributed by atoms with van der Waals surface area (Å²) in [6, 6.07) is 1.53. The first kappa shape index (κ1) is 10.2. The van der Waals surface area contributed by atoms with Crippen LogP contribution in [0.2, 0.25) is 0 Å². The lowest BCUT2D eigenvalue weighted by atomic mass is 9.78. The molecule has 82 valence electrons. The first-order valence-corrected chi connectivity index (χ1v) is 5.50. The maximum absolute atomic E-state index is 11.3. The van der Waals surface area contributed by atoms with Gasteiger partial charge in [0.2, 0.25) is 0 Å². The monoisotopic (exact) mass is 207 g/mol. The normalized spacial score (nSPS) is 18.3. The zero-order valence-electron chi connectivity index (χ0n) is 9.26. The molecule has 0 aliphatic heterocycles. The van der Waals surface area contributed by atoms with Gasteiger partial charge in [0.15, 0.2) is 0 Å². The highest BCUT2D eigenvalue weighted by Gasteiger charge is 2.31. The molecule has 2 N–H and O–H groups in total. The number of hydrogen-bond acceptors (Lipinski definition) is 3. The van der Waals surface area contributed by atoms with Crippen LogP contribution in [0.3, 0.4) is 0 Å². The van der Waals surface area contributed by atoms with E-state index in [-0.39, 0.29) is 11.1 Å². The zero-order chi connectivity index (χ0) is 10.9. The number of aryl methyl sites for hydroxylation is 1. The Labute approximate surface area is 89.1 Å². The Bertz CT molecular complexity index is 407. The number of hydrogen-bond donors (Lipinski definition) is 2. The number of aromatic nitrogens is 2. The number of nitrogens with zero attached hydrogens (tertiary/aromatic N) is 1. The number of anilines is 1. The lowest BCUT2D eigenvalue weighted by Gasteiger charge is -2.39. The summed E-state index contributed by atoms with van der Waals surface area (Å²) in [7, 11) is 0. The summed E-state index contributed by atoms with van der Waals surface area (Å²) in [5, 5.41) is 3.34. The molecule has 0 radical (unpaired) electrons. The Hall–Kier alpha value is -1.32. The minimum atomic E-state index is -0.0766. The second-order valence-corrected chi connectivity index (χ2v) is 4.47. The minimum absolute atomic E-state index is 0.0766. The van der Waals surface area contributed by atoms with Crippen molar-refractivity contribution in [2.45, 2.75) is 45.1 Å². The van der Waals surface area contributed by atoms with Crippen LogP contribution in [-0.4, -0.2) is 15.5 Å². The Kier molecular flexibility index (Phi) is 2.50. The van der Waals surface area contributed by atoms with Gasteiger partial charge in [0.1, 0.15) is 11.6 Å². The minimum Gasteiger partial charge on any atom is -0.365 e. The van der Waals surface area contributed by atoms with Gasteiger partial charge in [0.05, 0.1) is 0 Å². The summed E-state index contributed by atoms with van der Waals surface area (Å²) in [5.74, 6) is 1.45. The van der Waals surface area contributed by atoms with Gasteiger partial charge in [0.25, 0.3) is 5.56 Å². The zero-order valence-corrected chi connectivity index (χ0v) is 9.26. The number of aromatic amines is 1. The van der Waals surface area contributed by atoms with Gasteiger partial charge in [0, 0.05) is 18.0 Å². The van der Waals surface area contributed by atoms with Crippen LogP contribution >= 0.6 is 0 Å². The van der Waals surface area contributed by atoms with Crippen molar-refractivity contribution in [3.05, 3.63) is 22.2 Å². The summed E-state index contributed by atoms with van der Waals surface area (Å²) in [4.78, 5) is 18.4. The molecule has 4 heteroatoms. The molecular weight excluding hydrogens is 190 g/mol. The number of nitrogens with one attached hydrogen (secondary N) is 2. The number of H-pyrrole nitrogens is 1. The van der Waals surface area contributed by atoms with Crippen LogP contribution in [0.1, 0.15) is 38.9 Å². The van der Waals surface area contributed by atoms with E-state index in [1.165, 1.54) is 12.5 Å². The fourth-order valence-electron chi connectivity index (χ4n) is 1.88. The molecule has 1 aliphatic rings. The average Bonchev–Trinajstić information content (AvgIpc) is 2.14. The van der Waals surface area contributed by atoms with Gasteiger partial charge in [-0.2, -0.15) is 0 Å². The van der Waals surface area contributed by atoms with Crippen LogP contribution in [0.4, 0.5) is 5.82 Å². The topological polar surface area (TPSA) is 57.8 Å². The van der Waals surface area contributed by atoms with Gasteiger partial charge in [-0.05, 0) is 26.2 Å². The van der Waals surface area contributed by atoms with Crippen molar-refractivity contribution in [1.29, 1.82) is 0 Å². The van der Waals surface area contributed by atoms with E-state index in [1.807, 2.05) is 6.92 Å².